The number of hydrogen-bond donors (Lipinski definition) is 2. The van der Waals surface area contributed by atoms with Crippen molar-refractivity contribution in [1.82, 2.24) is 0 Å². The quantitative estimate of drug-likeness (QED) is 0.385. The molecular formula is C10H20N2O2. The smallest absolute Gasteiger partial charge is 0.0906 e. The summed E-state index contributed by atoms with van der Waals surface area (Å²) >= 11 is 0. The minimum atomic E-state index is 0.238. The summed E-state index contributed by atoms with van der Waals surface area (Å²) < 4.78 is 11.0. The van der Waals surface area contributed by atoms with Crippen LogP contribution in [0.3, 0.4) is 0 Å². The molecule has 1 unspecified atom stereocenters. The van der Waals surface area contributed by atoms with E-state index in [1.807, 2.05) is 0 Å². The van der Waals surface area contributed by atoms with Crippen molar-refractivity contribution in [3.63, 3.8) is 0 Å². The highest BCUT2D eigenvalue weighted by atomic mass is 16.5. The summed E-state index contributed by atoms with van der Waals surface area (Å²) in [5.74, 6) is 0.238. The van der Waals surface area contributed by atoms with Gasteiger partial charge in [-0.2, -0.15) is 0 Å². The van der Waals surface area contributed by atoms with Crippen molar-refractivity contribution >= 4 is 5.84 Å². The fraction of sp³-hybridized carbons (Fsp3) is 0.900. The van der Waals surface area contributed by atoms with Gasteiger partial charge in [0.25, 0.3) is 0 Å². The van der Waals surface area contributed by atoms with E-state index in [-0.39, 0.29) is 5.84 Å². The Bertz CT molecular complexity index is 168. The SMILES string of the molecule is N=C(N)CCCOCC1CCCCO1. The van der Waals surface area contributed by atoms with Crippen LogP contribution in [0, 0.1) is 5.41 Å². The monoisotopic (exact) mass is 200 g/mol. The molecule has 1 saturated heterocycles. The standard InChI is InChI=1S/C10H20N2O2/c11-10(12)5-3-6-13-8-9-4-1-2-7-14-9/h9H,1-8H2,(H3,11,12). The minimum Gasteiger partial charge on any atom is -0.388 e. The van der Waals surface area contributed by atoms with Crippen LogP contribution in [-0.2, 0) is 9.47 Å². The minimum absolute atomic E-state index is 0.238. The van der Waals surface area contributed by atoms with E-state index in [9.17, 15) is 0 Å². The predicted octanol–water partition coefficient (Wildman–Crippen LogP) is 1.29. The van der Waals surface area contributed by atoms with Gasteiger partial charge in [-0.25, -0.2) is 0 Å². The zero-order valence-electron chi connectivity index (χ0n) is 8.63. The van der Waals surface area contributed by atoms with Crippen molar-refractivity contribution in [3.8, 4) is 0 Å². The van der Waals surface area contributed by atoms with Crippen LogP contribution >= 0.6 is 0 Å². The average molecular weight is 200 g/mol. The van der Waals surface area contributed by atoms with Gasteiger partial charge in [-0.1, -0.05) is 0 Å². The average Bonchev–Trinajstić information content (AvgIpc) is 2.18. The maximum atomic E-state index is 7.02. The van der Waals surface area contributed by atoms with E-state index >= 15 is 0 Å². The molecule has 0 radical (unpaired) electrons. The van der Waals surface area contributed by atoms with Gasteiger partial charge in [0.1, 0.15) is 0 Å². The normalized spacial score (nSPS) is 22.1. The molecule has 1 fully saturated rings. The summed E-state index contributed by atoms with van der Waals surface area (Å²) in [5.41, 5.74) is 5.22. The van der Waals surface area contributed by atoms with Gasteiger partial charge in [-0.3, -0.25) is 5.41 Å². The van der Waals surface area contributed by atoms with Gasteiger partial charge in [-0.05, 0) is 25.7 Å². The van der Waals surface area contributed by atoms with Gasteiger partial charge in [-0.15, -0.1) is 0 Å². The van der Waals surface area contributed by atoms with Crippen molar-refractivity contribution in [1.29, 1.82) is 5.41 Å². The Hall–Kier alpha value is -0.610. The molecule has 0 aromatic rings. The Morgan fingerprint density at radius 1 is 1.50 bits per heavy atom. The zero-order chi connectivity index (χ0) is 10.2. The van der Waals surface area contributed by atoms with Gasteiger partial charge in [0.2, 0.25) is 0 Å². The lowest BCUT2D eigenvalue weighted by Crippen LogP contribution is -2.24. The second-order valence-corrected chi connectivity index (χ2v) is 3.69. The summed E-state index contributed by atoms with van der Waals surface area (Å²) in [5, 5.41) is 7.02. The number of amidine groups is 1. The molecule has 0 saturated carbocycles. The first-order chi connectivity index (χ1) is 6.79. The second-order valence-electron chi connectivity index (χ2n) is 3.69. The van der Waals surface area contributed by atoms with E-state index in [0.29, 0.717) is 25.7 Å². The Labute approximate surface area is 85.3 Å². The molecule has 3 N–H and O–H groups in total. The second kappa shape index (κ2) is 6.79. The van der Waals surface area contributed by atoms with Crippen molar-refractivity contribution in [2.75, 3.05) is 19.8 Å². The molecule has 0 bridgehead atoms. The van der Waals surface area contributed by atoms with E-state index in [1.54, 1.807) is 0 Å². The highest BCUT2D eigenvalue weighted by Gasteiger charge is 2.13. The molecule has 1 heterocycles. The molecular weight excluding hydrogens is 180 g/mol. The summed E-state index contributed by atoms with van der Waals surface area (Å²) in [6, 6.07) is 0. The highest BCUT2D eigenvalue weighted by molar-refractivity contribution is 5.76. The van der Waals surface area contributed by atoms with Crippen LogP contribution in [-0.4, -0.2) is 31.8 Å². The van der Waals surface area contributed by atoms with Crippen LogP contribution in [0.25, 0.3) is 0 Å². The van der Waals surface area contributed by atoms with Crippen LogP contribution in [0.5, 0.6) is 0 Å². The topological polar surface area (TPSA) is 68.3 Å². The maximum Gasteiger partial charge on any atom is 0.0906 e. The largest absolute Gasteiger partial charge is 0.388 e. The van der Waals surface area contributed by atoms with E-state index in [2.05, 4.69) is 0 Å². The predicted molar refractivity (Wildman–Crippen MR) is 55.6 cm³/mol. The molecule has 1 aliphatic rings. The Kier molecular flexibility index (Phi) is 5.56. The Morgan fingerprint density at radius 2 is 2.36 bits per heavy atom. The Morgan fingerprint density at radius 3 is 3.00 bits per heavy atom. The summed E-state index contributed by atoms with van der Waals surface area (Å²) in [6.07, 6.45) is 5.31. The van der Waals surface area contributed by atoms with E-state index in [1.165, 1.54) is 12.8 Å². The third kappa shape index (κ3) is 5.19. The molecule has 0 aliphatic carbocycles. The van der Waals surface area contributed by atoms with Crippen LogP contribution in [0.15, 0.2) is 0 Å². The van der Waals surface area contributed by atoms with Gasteiger partial charge < -0.3 is 15.2 Å². The third-order valence-corrected chi connectivity index (χ3v) is 2.31. The van der Waals surface area contributed by atoms with Gasteiger partial charge >= 0.3 is 0 Å². The number of ether oxygens (including phenoxy) is 2. The van der Waals surface area contributed by atoms with Crippen molar-refractivity contribution in [2.45, 2.75) is 38.2 Å². The first kappa shape index (κ1) is 11.5. The van der Waals surface area contributed by atoms with Gasteiger partial charge in [0.05, 0.1) is 18.5 Å². The lowest BCUT2D eigenvalue weighted by molar-refractivity contribution is -0.0407. The Balaban J connectivity index is 1.90. The van der Waals surface area contributed by atoms with Crippen LogP contribution < -0.4 is 5.73 Å². The lowest BCUT2D eigenvalue weighted by atomic mass is 10.1. The maximum absolute atomic E-state index is 7.02. The first-order valence-electron chi connectivity index (χ1n) is 5.31. The van der Waals surface area contributed by atoms with Crippen molar-refractivity contribution in [3.05, 3.63) is 0 Å². The summed E-state index contributed by atoms with van der Waals surface area (Å²) in [6.45, 7) is 2.25. The number of hydrogen-bond acceptors (Lipinski definition) is 3. The molecule has 82 valence electrons. The molecule has 0 aromatic heterocycles. The summed E-state index contributed by atoms with van der Waals surface area (Å²) in [4.78, 5) is 0. The fourth-order valence-corrected chi connectivity index (χ4v) is 1.52. The molecule has 1 rings (SSSR count). The molecule has 14 heavy (non-hydrogen) atoms. The van der Waals surface area contributed by atoms with Crippen LogP contribution in [0.1, 0.15) is 32.1 Å². The summed E-state index contributed by atoms with van der Waals surface area (Å²) in [7, 11) is 0. The van der Waals surface area contributed by atoms with E-state index < -0.39 is 0 Å². The zero-order valence-corrected chi connectivity index (χ0v) is 8.63. The fourth-order valence-electron chi connectivity index (χ4n) is 1.52. The lowest BCUT2D eigenvalue weighted by Gasteiger charge is -2.22. The van der Waals surface area contributed by atoms with Gasteiger partial charge in [0.15, 0.2) is 0 Å². The molecule has 0 amide bonds. The van der Waals surface area contributed by atoms with E-state index in [0.717, 1.165) is 19.4 Å². The van der Waals surface area contributed by atoms with E-state index in [4.69, 9.17) is 20.6 Å². The molecule has 4 heteroatoms. The van der Waals surface area contributed by atoms with Crippen molar-refractivity contribution in [2.24, 2.45) is 5.73 Å². The highest BCUT2D eigenvalue weighted by Crippen LogP contribution is 2.12. The number of rotatable bonds is 6. The number of nitrogens with one attached hydrogen (secondary N) is 1. The first-order valence-corrected chi connectivity index (χ1v) is 5.31. The number of nitrogens with two attached hydrogens (primary N) is 1. The third-order valence-electron chi connectivity index (χ3n) is 2.31. The van der Waals surface area contributed by atoms with Crippen molar-refractivity contribution < 1.29 is 9.47 Å². The molecule has 1 atom stereocenters. The van der Waals surface area contributed by atoms with Crippen LogP contribution in [0.4, 0.5) is 0 Å². The molecule has 4 nitrogen and oxygen atoms in total. The molecule has 1 aliphatic heterocycles. The molecule has 0 spiro atoms. The molecule has 0 aromatic carbocycles. The van der Waals surface area contributed by atoms with Gasteiger partial charge in [0, 0.05) is 19.6 Å². The van der Waals surface area contributed by atoms with Crippen LogP contribution in [0.2, 0.25) is 0 Å².